The zero-order valence-electron chi connectivity index (χ0n) is 81.6. The summed E-state index contributed by atoms with van der Waals surface area (Å²) in [5.74, 6) is 0. The van der Waals surface area contributed by atoms with Crippen LogP contribution in [0.5, 0.6) is 0 Å². The Morgan fingerprint density at radius 2 is 0.373 bits per heavy atom. The lowest BCUT2D eigenvalue weighted by Gasteiger charge is -2.14. The third kappa shape index (κ3) is 13.1. The molecule has 0 bridgehead atoms. The van der Waals surface area contributed by atoms with Crippen molar-refractivity contribution < 1.29 is 0 Å². The second kappa shape index (κ2) is 33.9. The van der Waals surface area contributed by atoms with Gasteiger partial charge < -0.3 is 27.4 Å². The summed E-state index contributed by atoms with van der Waals surface area (Å²) in [6.45, 7) is 0. The van der Waals surface area contributed by atoms with Gasteiger partial charge in [-0.1, -0.05) is 400 Å². The van der Waals surface area contributed by atoms with E-state index in [1.54, 1.807) is 0 Å². The molecule has 33 rings (SSSR count). The third-order valence-corrected chi connectivity index (χ3v) is 32.0. The van der Waals surface area contributed by atoms with Crippen LogP contribution < -0.4 is 0 Å². The number of fused-ring (bicyclic) bond motifs is 35. The van der Waals surface area contributed by atoms with Crippen molar-refractivity contribution in [2.24, 2.45) is 0 Å². The highest BCUT2D eigenvalue weighted by Crippen LogP contribution is 2.50. The van der Waals surface area contributed by atoms with Crippen LogP contribution in [-0.2, 0) is 0 Å². The van der Waals surface area contributed by atoms with Gasteiger partial charge in [-0.2, -0.15) is 0 Å². The van der Waals surface area contributed by atoms with E-state index in [4.69, 9.17) is 0 Å². The summed E-state index contributed by atoms with van der Waals surface area (Å²) < 4.78 is 14.6. The largest absolute Gasteiger partial charge is 0.309 e. The molecule has 150 heavy (non-hydrogen) atoms. The highest BCUT2D eigenvalue weighted by Gasteiger charge is 2.27. The fraction of sp³-hybridized carbons (Fsp3) is 0. The molecule has 0 atom stereocenters. The molecule has 33 aromatic rings. The number of hydrogen-bond donors (Lipinski definition) is 0. The zero-order valence-corrected chi connectivity index (χ0v) is 81.6. The first kappa shape index (κ1) is 84.6. The monoisotopic (exact) mass is 1900 g/mol. The van der Waals surface area contributed by atoms with Gasteiger partial charge in [-0.3, -0.25) is 0 Å². The minimum Gasteiger partial charge on any atom is -0.309 e. The van der Waals surface area contributed by atoms with Gasteiger partial charge in [-0.25, -0.2) is 0 Å². The van der Waals surface area contributed by atoms with Crippen molar-refractivity contribution in [2.45, 2.75) is 0 Å². The summed E-state index contributed by atoms with van der Waals surface area (Å²) in [6, 6.07) is 200. The lowest BCUT2D eigenvalue weighted by molar-refractivity contribution is 1.18. The average molecular weight is 1900 g/mol. The maximum absolute atomic E-state index is 2.45. The van der Waals surface area contributed by atoms with Crippen molar-refractivity contribution in [1.82, 2.24) is 27.4 Å². The Balaban J connectivity index is 0.000000101. The molecule has 0 spiro atoms. The summed E-state index contributed by atoms with van der Waals surface area (Å²) in [7, 11) is 0. The molecule has 0 aliphatic heterocycles. The summed E-state index contributed by atoms with van der Waals surface area (Å²) >= 11 is 0. The second-order valence-corrected chi connectivity index (χ2v) is 40.0. The predicted octanol–water partition coefficient (Wildman–Crippen LogP) is 39.0. The first-order chi connectivity index (χ1) is 74.5. The molecule has 6 nitrogen and oxygen atoms in total. The molecule has 6 aromatic heterocycles. The van der Waals surface area contributed by atoms with E-state index in [-0.39, 0.29) is 0 Å². The Hall–Kier alpha value is -19.9. The molecular formula is C144H90N6. The number of nitrogens with zero attached hydrogens (tertiary/aromatic N) is 6. The minimum atomic E-state index is 1.16. The van der Waals surface area contributed by atoms with E-state index in [2.05, 4.69) is 573 Å². The number of benzene rings is 27. The smallest absolute Gasteiger partial charge is 0.0619 e. The van der Waals surface area contributed by atoms with Gasteiger partial charge in [0.15, 0.2) is 0 Å². The van der Waals surface area contributed by atoms with Gasteiger partial charge in [0.2, 0.25) is 0 Å². The molecule has 6 heterocycles. The molecule has 0 aliphatic rings. The van der Waals surface area contributed by atoms with Crippen LogP contribution in [0.15, 0.2) is 546 Å². The Labute approximate surface area is 862 Å². The normalized spacial score (nSPS) is 12.0. The van der Waals surface area contributed by atoms with Crippen LogP contribution in [0.2, 0.25) is 0 Å². The second-order valence-electron chi connectivity index (χ2n) is 40.0. The number of aromatic nitrogens is 6. The van der Waals surface area contributed by atoms with Crippen LogP contribution >= 0.6 is 0 Å². The van der Waals surface area contributed by atoms with E-state index in [9.17, 15) is 0 Å². The van der Waals surface area contributed by atoms with Crippen LogP contribution in [0.3, 0.4) is 0 Å². The molecule has 0 fully saturated rings. The van der Waals surface area contributed by atoms with Crippen molar-refractivity contribution in [3.05, 3.63) is 546 Å². The molecule has 0 unspecified atom stereocenters. The summed E-state index contributed by atoms with van der Waals surface area (Å²) in [5.41, 5.74) is 29.0. The summed E-state index contributed by atoms with van der Waals surface area (Å²) in [5, 5.41) is 38.4. The van der Waals surface area contributed by atoms with Crippen LogP contribution in [0, 0.1) is 0 Å². The number of hydrogen-bond acceptors (Lipinski definition) is 0. The summed E-state index contributed by atoms with van der Waals surface area (Å²) in [6.07, 6.45) is 0. The van der Waals surface area contributed by atoms with Crippen LogP contribution in [0.4, 0.5) is 0 Å². The van der Waals surface area contributed by atoms with Crippen molar-refractivity contribution in [2.75, 3.05) is 0 Å². The maximum Gasteiger partial charge on any atom is 0.0619 e. The number of rotatable bonds is 9. The van der Waals surface area contributed by atoms with Crippen molar-refractivity contribution >= 4 is 228 Å². The topological polar surface area (TPSA) is 29.6 Å². The van der Waals surface area contributed by atoms with Gasteiger partial charge in [0.05, 0.1) is 71.9 Å². The highest BCUT2D eigenvalue weighted by atomic mass is 15.0. The van der Waals surface area contributed by atoms with E-state index >= 15 is 0 Å². The first-order valence-corrected chi connectivity index (χ1v) is 51.8. The molecule has 6 heteroatoms. The van der Waals surface area contributed by atoms with E-state index in [0.29, 0.717) is 0 Å². The standard InChI is InChI=1S/3C48H30N2/c1-4-14-37-32(10-1)13-9-19-42(37)50-43-18-8-7-17-40(43)41-30-35(24-27-44(41)50)31-20-25-36(26-21-31)49-45-28-22-33-11-2-5-15-38(33)47(45)48-39-16-6-3-12-34(39)23-29-46(48)49;1-2-13-36(14-3-1)50-42-27-21-32-10-4-7-15-38(32)46(42)41-26-20-35(30-45(41)50)31-18-24-37(25-19-31)49-43-28-22-33-11-5-8-16-39(33)47(43)48-40-17-9-6-12-34(40)23-29-44(48)49;1-2-14-34(15-3-1)50-43-21-11-10-19-39(43)42-30-41(38-18-8-9-20-40(38)48(42)50)33-22-26-35(27-23-33)49-44-28-24-31-12-4-6-16-36(31)46(44)47-37-17-7-5-13-32(37)25-29-45(47)49/h3*1-30H. The maximum atomic E-state index is 2.45. The molecule has 0 saturated heterocycles. The Morgan fingerprint density at radius 1 is 0.107 bits per heavy atom. The molecule has 0 saturated carbocycles. The predicted molar refractivity (Wildman–Crippen MR) is 639 cm³/mol. The Bertz CT molecular complexity index is 11100. The lowest BCUT2D eigenvalue weighted by Crippen LogP contribution is -1.95. The third-order valence-electron chi connectivity index (χ3n) is 32.0. The van der Waals surface area contributed by atoms with E-state index in [1.165, 1.54) is 278 Å². The SMILES string of the molecule is c1ccc(-n2c3cc(-c4ccc(-n5c6ccc7ccccc7c6c6c7ccccc7ccc65)cc4)ccc3c3c4ccccc4ccc32)cc1.c1ccc(-n2c3ccccc3c3cc(-c4ccc(-n5c6ccc7ccccc7c6c6c7ccccc7ccc65)cc4)c4ccccc4c32)cc1.c1ccc2c(-n3c4ccccc4c4cc(-c5ccc(-n6c7ccc8ccccc8c7c7c8ccccc8ccc76)cc5)ccc43)cccc2c1. The van der Waals surface area contributed by atoms with E-state index in [1.807, 2.05) is 0 Å². The molecule has 0 N–H and O–H groups in total. The molecule has 696 valence electrons. The fourth-order valence-electron chi connectivity index (χ4n) is 25.4. The van der Waals surface area contributed by atoms with Gasteiger partial charge in [-0.05, 0) is 265 Å². The van der Waals surface area contributed by atoms with Gasteiger partial charge >= 0.3 is 0 Å². The van der Waals surface area contributed by atoms with Crippen LogP contribution in [-0.4, -0.2) is 27.4 Å². The minimum absolute atomic E-state index is 1.16. The van der Waals surface area contributed by atoms with Gasteiger partial charge in [-0.15, -0.1) is 0 Å². The number of para-hydroxylation sites is 4. The first-order valence-electron chi connectivity index (χ1n) is 51.8. The molecular weight excluding hydrogens is 1810 g/mol. The van der Waals surface area contributed by atoms with E-state index < -0.39 is 0 Å². The van der Waals surface area contributed by atoms with Crippen LogP contribution in [0.1, 0.15) is 0 Å². The van der Waals surface area contributed by atoms with Crippen molar-refractivity contribution in [1.29, 1.82) is 0 Å². The zero-order chi connectivity index (χ0) is 98.3. The van der Waals surface area contributed by atoms with Gasteiger partial charge in [0.25, 0.3) is 0 Å². The van der Waals surface area contributed by atoms with Crippen molar-refractivity contribution in [3.63, 3.8) is 0 Å². The van der Waals surface area contributed by atoms with Gasteiger partial charge in [0, 0.05) is 104 Å². The van der Waals surface area contributed by atoms with Crippen LogP contribution in [0.25, 0.3) is 295 Å². The molecule has 0 amide bonds. The van der Waals surface area contributed by atoms with E-state index in [0.717, 1.165) is 17.1 Å². The lowest BCUT2D eigenvalue weighted by atomic mass is 9.95. The average Bonchev–Trinajstić information content (AvgIpc) is 1.56. The fourth-order valence-corrected chi connectivity index (χ4v) is 25.4. The Morgan fingerprint density at radius 3 is 0.787 bits per heavy atom. The van der Waals surface area contributed by atoms with Crippen molar-refractivity contribution in [3.8, 4) is 67.5 Å². The Kier molecular flexibility index (Phi) is 19.1. The molecule has 27 aromatic carbocycles. The highest BCUT2D eigenvalue weighted by molar-refractivity contribution is 6.33. The summed E-state index contributed by atoms with van der Waals surface area (Å²) in [4.78, 5) is 0. The molecule has 0 radical (unpaired) electrons. The quantitative estimate of drug-likeness (QED) is 0.138. The molecule has 0 aliphatic carbocycles. The van der Waals surface area contributed by atoms with Gasteiger partial charge in [0.1, 0.15) is 0 Å².